The Kier molecular flexibility index (Phi) is 4.92. The summed E-state index contributed by atoms with van der Waals surface area (Å²) in [5, 5.41) is 6.09. The third kappa shape index (κ3) is 3.32. The quantitative estimate of drug-likeness (QED) is 0.565. The number of ether oxygens (including phenoxy) is 1. The van der Waals surface area contributed by atoms with E-state index in [-0.39, 0.29) is 47.2 Å². The highest BCUT2D eigenvalue weighted by Crippen LogP contribution is 2.56. The fourth-order valence-corrected chi connectivity index (χ4v) is 5.21. The van der Waals surface area contributed by atoms with Gasteiger partial charge in [0.15, 0.2) is 12.4 Å². The lowest BCUT2D eigenvalue weighted by Gasteiger charge is -2.28. The molecule has 2 saturated carbocycles. The van der Waals surface area contributed by atoms with Crippen LogP contribution in [0.1, 0.15) is 38.9 Å². The van der Waals surface area contributed by atoms with Crippen LogP contribution in [0.25, 0.3) is 0 Å². The largest absolute Gasteiger partial charge is 0.454 e. The average molecular weight is 403 g/mol. The standard InChI is InChI=1S/C20H25N3O6/c1-9(2)17(20(27)28-8-14(24)21-13-6-10(3)29-22-13)23-18(25)15-11-4-5-12(7-11)16(15)19(23)26/h6,9,11-12,15-17H,4-5,7-8H2,1-3H3,(H,21,22,24)/t11-,12-,15+,16+,17-/m1/s1. The van der Waals surface area contributed by atoms with E-state index in [1.54, 1.807) is 20.8 Å². The van der Waals surface area contributed by atoms with E-state index in [2.05, 4.69) is 10.5 Å². The van der Waals surface area contributed by atoms with E-state index in [4.69, 9.17) is 9.26 Å². The van der Waals surface area contributed by atoms with Crippen LogP contribution in [0.3, 0.4) is 0 Å². The van der Waals surface area contributed by atoms with Gasteiger partial charge in [0.2, 0.25) is 11.8 Å². The summed E-state index contributed by atoms with van der Waals surface area (Å²) in [4.78, 5) is 51.9. The molecule has 3 aliphatic rings. The number of esters is 1. The number of anilines is 1. The SMILES string of the molecule is Cc1cc(NC(=O)COC(=O)[C@@H](C(C)C)N2C(=O)[C@H]3[C@@H]4CC[C@H](C4)[C@@H]3C2=O)no1. The van der Waals surface area contributed by atoms with Gasteiger partial charge in [0.25, 0.3) is 5.91 Å². The smallest absolute Gasteiger partial charge is 0.330 e. The topological polar surface area (TPSA) is 119 Å². The van der Waals surface area contributed by atoms with Crippen molar-refractivity contribution in [3.8, 4) is 0 Å². The molecule has 3 amide bonds. The maximum absolute atomic E-state index is 13.0. The van der Waals surface area contributed by atoms with E-state index in [1.807, 2.05) is 0 Å². The van der Waals surface area contributed by atoms with Gasteiger partial charge in [0.05, 0.1) is 11.8 Å². The zero-order chi connectivity index (χ0) is 20.9. The summed E-state index contributed by atoms with van der Waals surface area (Å²) in [5.74, 6) is -1.53. The molecule has 9 heteroatoms. The molecule has 0 spiro atoms. The first-order valence-electron chi connectivity index (χ1n) is 10.0. The van der Waals surface area contributed by atoms with Gasteiger partial charge in [-0.1, -0.05) is 19.0 Å². The Balaban J connectivity index is 1.42. The summed E-state index contributed by atoms with van der Waals surface area (Å²) in [6, 6.07) is 0.507. The summed E-state index contributed by atoms with van der Waals surface area (Å²) < 4.78 is 10.0. The zero-order valence-electron chi connectivity index (χ0n) is 16.7. The van der Waals surface area contributed by atoms with Gasteiger partial charge >= 0.3 is 5.97 Å². The molecule has 3 fully saturated rings. The predicted molar refractivity (Wildman–Crippen MR) is 99.1 cm³/mol. The third-order valence-corrected chi connectivity index (χ3v) is 6.35. The van der Waals surface area contributed by atoms with Crippen LogP contribution in [0.4, 0.5) is 5.82 Å². The van der Waals surface area contributed by atoms with Crippen LogP contribution in [0.5, 0.6) is 0 Å². The van der Waals surface area contributed by atoms with Crippen LogP contribution in [-0.2, 0) is 23.9 Å². The fourth-order valence-electron chi connectivity index (χ4n) is 5.21. The minimum atomic E-state index is -1.03. The fraction of sp³-hybridized carbons (Fsp3) is 0.650. The molecule has 1 aromatic rings. The number of nitrogens with zero attached hydrogens (tertiary/aromatic N) is 2. The number of imide groups is 1. The highest BCUT2D eigenvalue weighted by molar-refractivity contribution is 6.08. The lowest BCUT2D eigenvalue weighted by molar-refractivity contribution is -0.162. The van der Waals surface area contributed by atoms with Crippen molar-refractivity contribution in [2.45, 2.75) is 46.1 Å². The Hall–Kier alpha value is -2.71. The minimum absolute atomic E-state index is 0.220. The lowest BCUT2D eigenvalue weighted by Crippen LogP contribution is -2.50. The summed E-state index contributed by atoms with van der Waals surface area (Å²) in [6.07, 6.45) is 2.87. The third-order valence-electron chi connectivity index (χ3n) is 6.35. The summed E-state index contributed by atoms with van der Waals surface area (Å²) in [6.45, 7) is 4.66. The van der Waals surface area contributed by atoms with E-state index >= 15 is 0 Å². The van der Waals surface area contributed by atoms with E-state index in [0.717, 1.165) is 24.2 Å². The van der Waals surface area contributed by atoms with E-state index in [1.165, 1.54) is 6.07 Å². The first-order chi connectivity index (χ1) is 13.8. The maximum atomic E-state index is 13.0. The van der Waals surface area contributed by atoms with Crippen LogP contribution in [0, 0.1) is 36.5 Å². The Bertz CT molecular complexity index is 834. The van der Waals surface area contributed by atoms with Gasteiger partial charge in [-0.05, 0) is 43.9 Å². The molecular weight excluding hydrogens is 378 g/mol. The average Bonchev–Trinajstić information content (AvgIpc) is 3.41. The van der Waals surface area contributed by atoms with Crippen molar-refractivity contribution in [1.29, 1.82) is 0 Å². The number of hydrogen-bond donors (Lipinski definition) is 1. The molecule has 0 unspecified atom stereocenters. The highest BCUT2D eigenvalue weighted by atomic mass is 16.5. The van der Waals surface area contributed by atoms with Crippen LogP contribution in [0.2, 0.25) is 0 Å². The number of hydrogen-bond acceptors (Lipinski definition) is 7. The van der Waals surface area contributed by atoms with E-state index in [9.17, 15) is 19.2 Å². The molecule has 1 saturated heterocycles. The first-order valence-corrected chi connectivity index (χ1v) is 10.0. The second-order valence-electron chi connectivity index (χ2n) is 8.60. The van der Waals surface area contributed by atoms with Crippen molar-refractivity contribution in [1.82, 2.24) is 10.1 Å². The number of amides is 3. The van der Waals surface area contributed by atoms with Crippen LogP contribution in [-0.4, -0.2) is 46.4 Å². The minimum Gasteiger partial charge on any atom is -0.454 e. The van der Waals surface area contributed by atoms with Gasteiger partial charge in [0, 0.05) is 6.07 Å². The van der Waals surface area contributed by atoms with E-state index in [0.29, 0.717) is 5.76 Å². The van der Waals surface area contributed by atoms with Crippen molar-refractivity contribution in [3.63, 3.8) is 0 Å². The van der Waals surface area contributed by atoms with Crippen LogP contribution in [0.15, 0.2) is 10.6 Å². The van der Waals surface area contributed by atoms with Gasteiger partial charge in [0.1, 0.15) is 11.8 Å². The molecule has 4 rings (SSSR count). The zero-order valence-corrected chi connectivity index (χ0v) is 16.7. The molecule has 2 heterocycles. The van der Waals surface area contributed by atoms with Crippen LogP contribution < -0.4 is 5.32 Å². The van der Waals surface area contributed by atoms with Crippen LogP contribution >= 0.6 is 0 Å². The Morgan fingerprint density at radius 1 is 1.24 bits per heavy atom. The monoisotopic (exact) mass is 403 g/mol. The molecule has 1 aromatic heterocycles. The van der Waals surface area contributed by atoms with Gasteiger partial charge in [-0.25, -0.2) is 4.79 Å². The number of aromatic nitrogens is 1. The molecule has 2 bridgehead atoms. The molecule has 2 aliphatic carbocycles. The number of rotatable bonds is 6. The van der Waals surface area contributed by atoms with Gasteiger partial charge in [-0.15, -0.1) is 0 Å². The highest BCUT2D eigenvalue weighted by Gasteiger charge is 2.62. The molecule has 0 aromatic carbocycles. The summed E-state index contributed by atoms with van der Waals surface area (Å²) in [5.41, 5.74) is 0. The normalized spacial score (nSPS) is 28.8. The lowest BCUT2D eigenvalue weighted by atomic mass is 9.81. The molecule has 5 atom stereocenters. The Morgan fingerprint density at radius 3 is 2.38 bits per heavy atom. The maximum Gasteiger partial charge on any atom is 0.330 e. The summed E-state index contributed by atoms with van der Waals surface area (Å²) in [7, 11) is 0. The van der Waals surface area contributed by atoms with Crippen molar-refractivity contribution in [3.05, 3.63) is 11.8 Å². The predicted octanol–water partition coefficient (Wildman–Crippen LogP) is 1.52. The molecule has 156 valence electrons. The molecule has 9 nitrogen and oxygen atoms in total. The number of nitrogens with one attached hydrogen (secondary N) is 1. The number of fused-ring (bicyclic) bond motifs is 5. The number of aryl methyl sites for hydroxylation is 1. The number of carbonyl (C=O) groups is 4. The molecule has 0 radical (unpaired) electrons. The molecular formula is C20H25N3O6. The first kappa shape index (κ1) is 19.6. The van der Waals surface area contributed by atoms with Gasteiger partial charge in [-0.3, -0.25) is 19.3 Å². The Labute approximate surface area is 168 Å². The Morgan fingerprint density at radius 2 is 1.86 bits per heavy atom. The molecule has 1 aliphatic heterocycles. The van der Waals surface area contributed by atoms with E-state index < -0.39 is 24.5 Å². The second kappa shape index (κ2) is 7.27. The number of likely N-dealkylation sites (tertiary alicyclic amines) is 1. The van der Waals surface area contributed by atoms with Crippen molar-refractivity contribution < 1.29 is 28.4 Å². The van der Waals surface area contributed by atoms with Crippen molar-refractivity contribution in [2.75, 3.05) is 11.9 Å². The van der Waals surface area contributed by atoms with Gasteiger partial charge < -0.3 is 14.6 Å². The van der Waals surface area contributed by atoms with Crippen molar-refractivity contribution >= 4 is 29.5 Å². The molecule has 1 N–H and O–H groups in total. The van der Waals surface area contributed by atoms with Crippen molar-refractivity contribution in [2.24, 2.45) is 29.6 Å². The second-order valence-corrected chi connectivity index (χ2v) is 8.60. The molecule has 29 heavy (non-hydrogen) atoms. The van der Waals surface area contributed by atoms with Gasteiger partial charge in [-0.2, -0.15) is 0 Å². The number of carbonyl (C=O) groups excluding carboxylic acids is 4. The summed E-state index contributed by atoms with van der Waals surface area (Å²) >= 11 is 0.